The summed E-state index contributed by atoms with van der Waals surface area (Å²) in [7, 11) is 1.68. The number of hydrogen-bond acceptors (Lipinski definition) is 7. The molecular formula is C29H33N7O3. The molecule has 4 aromatic rings. The van der Waals surface area contributed by atoms with Crippen LogP contribution in [0.25, 0.3) is 33.5 Å². The van der Waals surface area contributed by atoms with Gasteiger partial charge in [-0.2, -0.15) is 10.2 Å². The Labute approximate surface area is 226 Å². The number of aromatic amines is 1. The molecule has 3 aliphatic rings. The van der Waals surface area contributed by atoms with E-state index in [9.17, 15) is 9.90 Å². The first kappa shape index (κ1) is 24.3. The summed E-state index contributed by atoms with van der Waals surface area (Å²) in [6.07, 6.45) is 8.41. The smallest absolute Gasteiger partial charge is 0.236 e. The molecule has 2 saturated heterocycles. The van der Waals surface area contributed by atoms with Crippen molar-refractivity contribution in [1.29, 1.82) is 0 Å². The lowest BCUT2D eigenvalue weighted by atomic mass is 9.99. The van der Waals surface area contributed by atoms with Crippen molar-refractivity contribution in [2.24, 2.45) is 0 Å². The van der Waals surface area contributed by atoms with Gasteiger partial charge in [0.25, 0.3) is 0 Å². The summed E-state index contributed by atoms with van der Waals surface area (Å²) in [5, 5.41) is 22.0. The minimum atomic E-state index is -0.228. The Balaban J connectivity index is 1.10. The number of piperidine rings is 1. The molecule has 1 aliphatic carbocycles. The van der Waals surface area contributed by atoms with E-state index in [4.69, 9.17) is 9.72 Å². The van der Waals surface area contributed by atoms with Gasteiger partial charge in [0.2, 0.25) is 5.91 Å². The number of ether oxygens (including phenoxy) is 1. The summed E-state index contributed by atoms with van der Waals surface area (Å²) in [5.74, 6) is 0.875. The highest BCUT2D eigenvalue weighted by atomic mass is 16.5. The van der Waals surface area contributed by atoms with E-state index < -0.39 is 0 Å². The number of aryl methyl sites for hydroxylation is 1. The molecule has 0 spiro atoms. The number of methoxy groups -OCH3 is 1. The average Bonchev–Trinajstić information content (AvgIpc) is 3.67. The Hall–Kier alpha value is -3.76. The van der Waals surface area contributed by atoms with E-state index in [0.29, 0.717) is 19.6 Å². The van der Waals surface area contributed by atoms with Crippen LogP contribution in [0.4, 0.5) is 0 Å². The predicted octanol–water partition coefficient (Wildman–Crippen LogP) is 2.83. The Morgan fingerprint density at radius 1 is 1.18 bits per heavy atom. The van der Waals surface area contributed by atoms with Crippen LogP contribution in [0.5, 0.6) is 5.75 Å². The van der Waals surface area contributed by atoms with Gasteiger partial charge in [0, 0.05) is 49.6 Å². The van der Waals surface area contributed by atoms with Gasteiger partial charge in [0.05, 0.1) is 37.5 Å². The van der Waals surface area contributed by atoms with E-state index in [1.54, 1.807) is 7.11 Å². The molecule has 0 unspecified atom stereocenters. The maximum absolute atomic E-state index is 12.7. The van der Waals surface area contributed by atoms with Crippen molar-refractivity contribution in [3.8, 4) is 28.3 Å². The number of aliphatic hydroxyl groups excluding tert-OH is 1. The monoisotopic (exact) mass is 527 g/mol. The van der Waals surface area contributed by atoms with Gasteiger partial charge in [-0.25, -0.2) is 4.98 Å². The van der Waals surface area contributed by atoms with Crippen LogP contribution in [0.15, 0.2) is 36.7 Å². The number of benzene rings is 1. The number of amides is 1. The van der Waals surface area contributed by atoms with Gasteiger partial charge in [-0.15, -0.1) is 0 Å². The molecule has 2 fully saturated rings. The fraction of sp³-hybridized carbons (Fsp3) is 0.448. The van der Waals surface area contributed by atoms with Crippen LogP contribution in [-0.2, 0) is 17.6 Å². The fourth-order valence-corrected chi connectivity index (χ4v) is 6.18. The van der Waals surface area contributed by atoms with Gasteiger partial charge in [-0.1, -0.05) is 18.2 Å². The van der Waals surface area contributed by atoms with Crippen molar-refractivity contribution in [1.82, 2.24) is 34.8 Å². The first-order valence-corrected chi connectivity index (χ1v) is 13.8. The number of fused-ring (bicyclic) bond motifs is 2. The van der Waals surface area contributed by atoms with Gasteiger partial charge < -0.3 is 14.7 Å². The second-order valence-electron chi connectivity index (χ2n) is 11.0. The summed E-state index contributed by atoms with van der Waals surface area (Å²) in [6, 6.07) is 8.58. The highest BCUT2D eigenvalue weighted by Gasteiger charge is 2.34. The third kappa shape index (κ3) is 4.37. The molecule has 0 saturated carbocycles. The molecule has 2 aliphatic heterocycles. The van der Waals surface area contributed by atoms with Crippen molar-refractivity contribution in [2.45, 2.75) is 44.2 Å². The van der Waals surface area contributed by atoms with E-state index in [1.807, 2.05) is 28.0 Å². The van der Waals surface area contributed by atoms with E-state index in [1.165, 1.54) is 17.5 Å². The molecule has 10 nitrogen and oxygen atoms in total. The highest BCUT2D eigenvalue weighted by molar-refractivity contribution is 5.93. The third-order valence-corrected chi connectivity index (χ3v) is 8.50. The molecule has 1 amide bonds. The van der Waals surface area contributed by atoms with Crippen molar-refractivity contribution in [3.63, 3.8) is 0 Å². The lowest BCUT2D eigenvalue weighted by Crippen LogP contribution is -2.54. The highest BCUT2D eigenvalue weighted by Crippen LogP contribution is 2.39. The van der Waals surface area contributed by atoms with Crippen LogP contribution in [0.2, 0.25) is 0 Å². The van der Waals surface area contributed by atoms with E-state index >= 15 is 0 Å². The van der Waals surface area contributed by atoms with Crippen molar-refractivity contribution >= 4 is 16.9 Å². The van der Waals surface area contributed by atoms with Gasteiger partial charge in [0.1, 0.15) is 22.7 Å². The number of carbonyl (C=O) groups excluding carboxylic acids is 1. The molecule has 2 N–H and O–H groups in total. The minimum Gasteiger partial charge on any atom is -0.494 e. The molecule has 0 atom stereocenters. The number of H-pyrrole nitrogens is 1. The lowest BCUT2D eigenvalue weighted by molar-refractivity contribution is -0.139. The number of pyridine rings is 1. The second kappa shape index (κ2) is 9.77. The van der Waals surface area contributed by atoms with Crippen LogP contribution in [0, 0.1) is 0 Å². The van der Waals surface area contributed by atoms with Crippen LogP contribution >= 0.6 is 0 Å². The molecule has 5 heterocycles. The second-order valence-corrected chi connectivity index (χ2v) is 11.0. The van der Waals surface area contributed by atoms with Gasteiger partial charge in [-0.3, -0.25) is 19.5 Å². The van der Waals surface area contributed by atoms with Gasteiger partial charge in [-0.05, 0) is 43.2 Å². The van der Waals surface area contributed by atoms with Crippen LogP contribution in [0.1, 0.15) is 36.4 Å². The lowest BCUT2D eigenvalue weighted by Gasteiger charge is -2.40. The maximum Gasteiger partial charge on any atom is 0.236 e. The largest absolute Gasteiger partial charge is 0.494 e. The Kier molecular flexibility index (Phi) is 6.08. The molecule has 3 aromatic heterocycles. The Morgan fingerprint density at radius 2 is 2.03 bits per heavy atom. The fourth-order valence-electron chi connectivity index (χ4n) is 6.18. The number of aliphatic hydroxyl groups is 1. The maximum atomic E-state index is 12.7. The first-order valence-electron chi connectivity index (χ1n) is 13.8. The summed E-state index contributed by atoms with van der Waals surface area (Å²) < 4.78 is 7.69. The zero-order valence-corrected chi connectivity index (χ0v) is 22.1. The quantitative estimate of drug-likeness (QED) is 0.397. The number of rotatable bonds is 6. The average molecular weight is 528 g/mol. The predicted molar refractivity (Wildman–Crippen MR) is 146 cm³/mol. The van der Waals surface area contributed by atoms with Crippen LogP contribution in [-0.4, -0.2) is 91.7 Å². The standard InChI is InChI=1S/C29H33N7O3/c1-39-25-12-24-29(31-28(25)23-7-3-5-18-4-2-6-22(18)23)27(33-32-24)19-13-30-36(14-19)20-15-35(16-20)26(38)17-34-10-8-21(37)9-11-34/h3,5,7,12-14,20-21,37H,2,4,6,8-11,15-17H2,1H3,(H,32,33). The molecular weight excluding hydrogens is 494 g/mol. The topological polar surface area (TPSA) is 112 Å². The van der Waals surface area contributed by atoms with E-state index in [-0.39, 0.29) is 18.1 Å². The van der Waals surface area contributed by atoms with Crippen molar-refractivity contribution in [2.75, 3.05) is 39.8 Å². The Morgan fingerprint density at radius 3 is 2.85 bits per heavy atom. The summed E-state index contributed by atoms with van der Waals surface area (Å²) in [6.45, 7) is 3.27. The van der Waals surface area contributed by atoms with E-state index in [2.05, 4.69) is 38.4 Å². The van der Waals surface area contributed by atoms with Crippen LogP contribution < -0.4 is 4.74 Å². The molecule has 202 valence electrons. The van der Waals surface area contributed by atoms with Crippen LogP contribution in [0.3, 0.4) is 0 Å². The molecule has 7 rings (SSSR count). The number of nitrogens with one attached hydrogen (secondary N) is 1. The number of aromatic nitrogens is 5. The molecule has 39 heavy (non-hydrogen) atoms. The van der Waals surface area contributed by atoms with Crippen molar-refractivity contribution < 1.29 is 14.6 Å². The molecule has 0 radical (unpaired) electrons. The summed E-state index contributed by atoms with van der Waals surface area (Å²) >= 11 is 0. The van der Waals surface area contributed by atoms with Gasteiger partial charge in [0.15, 0.2) is 0 Å². The molecule has 10 heteroatoms. The number of likely N-dealkylation sites (tertiary alicyclic amines) is 2. The normalized spacial score (nSPS) is 18.5. The SMILES string of the molecule is COc1cc2[nH]nc(-c3cnn(C4CN(C(=O)CN5CCC(O)CC5)C4)c3)c2nc1-c1cccc2c1CCC2. The minimum absolute atomic E-state index is 0.145. The number of hydrogen-bond donors (Lipinski definition) is 2. The number of nitrogens with zero attached hydrogens (tertiary/aromatic N) is 6. The number of carbonyl (C=O) groups is 1. The zero-order chi connectivity index (χ0) is 26.5. The third-order valence-electron chi connectivity index (χ3n) is 8.50. The van der Waals surface area contributed by atoms with E-state index in [0.717, 1.165) is 78.1 Å². The first-order chi connectivity index (χ1) is 19.1. The van der Waals surface area contributed by atoms with Gasteiger partial charge >= 0.3 is 0 Å². The van der Waals surface area contributed by atoms with Crippen molar-refractivity contribution in [3.05, 3.63) is 47.8 Å². The summed E-state index contributed by atoms with van der Waals surface area (Å²) in [4.78, 5) is 21.8. The molecule has 1 aromatic carbocycles. The summed E-state index contributed by atoms with van der Waals surface area (Å²) in [5.41, 5.74) is 7.98. The zero-order valence-electron chi connectivity index (χ0n) is 22.1. The molecule has 0 bridgehead atoms. The Bertz CT molecular complexity index is 1530.